The van der Waals surface area contributed by atoms with Gasteiger partial charge in [0.05, 0.1) is 0 Å². The summed E-state index contributed by atoms with van der Waals surface area (Å²) in [5.74, 6) is 0. The van der Waals surface area contributed by atoms with Gasteiger partial charge in [-0.15, -0.1) is 24.8 Å². The van der Waals surface area contributed by atoms with Crippen molar-refractivity contribution in [1.82, 2.24) is 0 Å². The van der Waals surface area contributed by atoms with Crippen LogP contribution in [0.1, 0.15) is 32.1 Å². The zero-order valence-corrected chi connectivity index (χ0v) is 16.3. The maximum absolute atomic E-state index is 2.39. The minimum absolute atomic E-state index is 0. The Hall–Kier alpha value is 0.163. The summed E-state index contributed by atoms with van der Waals surface area (Å²) in [6.45, 7) is 0. The Morgan fingerprint density at radius 3 is 1.05 bits per heavy atom. The van der Waals surface area contributed by atoms with Crippen LogP contribution in [0.2, 0.25) is 0 Å². The van der Waals surface area contributed by atoms with Crippen LogP contribution < -0.4 is 0 Å². The van der Waals surface area contributed by atoms with Crippen LogP contribution in [0.25, 0.3) is 0 Å². The topological polar surface area (TPSA) is 0 Å². The van der Waals surface area contributed by atoms with Gasteiger partial charge in [0.15, 0.2) is 0 Å². The molecule has 0 aromatic heterocycles. The van der Waals surface area contributed by atoms with Crippen molar-refractivity contribution in [3.05, 3.63) is 74.5 Å². The fourth-order valence-electron chi connectivity index (χ4n) is 1.54. The summed E-state index contributed by atoms with van der Waals surface area (Å²) < 4.78 is 0. The van der Waals surface area contributed by atoms with E-state index >= 15 is 0 Å². The van der Waals surface area contributed by atoms with Crippen molar-refractivity contribution in [2.75, 3.05) is 0 Å². The molecule has 1 saturated carbocycles. The second-order valence-electron chi connectivity index (χ2n) is 3.85. The van der Waals surface area contributed by atoms with Crippen LogP contribution >= 0.6 is 24.8 Å². The van der Waals surface area contributed by atoms with Crippen LogP contribution in [-0.2, 0) is 26.2 Å². The summed E-state index contributed by atoms with van der Waals surface area (Å²) in [5, 5.41) is 0. The summed E-state index contributed by atoms with van der Waals surface area (Å²) in [7, 11) is 0. The summed E-state index contributed by atoms with van der Waals surface area (Å²) in [5.41, 5.74) is 0. The summed E-state index contributed by atoms with van der Waals surface area (Å²) in [4.78, 5) is 0. The molecule has 1 aliphatic carbocycles. The Bertz CT molecular complexity index is 214. The SMILES string of the molecule is Cl.Cl.[CH-]1CCCCC1.[CH3-].[Zr+4].c1cc[cH-]c1.c1cc[cH-]c1. The van der Waals surface area contributed by atoms with Gasteiger partial charge < -0.3 is 13.8 Å². The molecule has 3 rings (SSSR count). The first-order valence-electron chi connectivity index (χ1n) is 6.15. The first kappa shape index (κ1) is 28.3. The standard InChI is InChI=1S/C6H11.2C5H5.CH3.2ClH.Zr/c1-2-4-6-5-3-1;2*1-2-4-5-3-1;;;;/h1H,2-6H2;2*1-5H;1H3;2*1H;/q4*-1;;;+4. The third kappa shape index (κ3) is 20.5. The molecular formula is C17H26Cl2Zr. The molecule has 3 heteroatoms. The molecule has 1 aliphatic rings. The second-order valence-corrected chi connectivity index (χ2v) is 3.85. The van der Waals surface area contributed by atoms with Crippen molar-refractivity contribution in [3.63, 3.8) is 0 Å². The van der Waals surface area contributed by atoms with Gasteiger partial charge in [-0.2, -0.15) is 49.2 Å². The maximum atomic E-state index is 2.39. The van der Waals surface area contributed by atoms with E-state index in [4.69, 9.17) is 0 Å². The fraction of sp³-hybridized carbons (Fsp3) is 0.294. The molecule has 0 amide bonds. The average molecular weight is 393 g/mol. The van der Waals surface area contributed by atoms with Crippen molar-refractivity contribution in [3.8, 4) is 0 Å². The van der Waals surface area contributed by atoms with Crippen LogP contribution in [0.3, 0.4) is 0 Å². The second kappa shape index (κ2) is 24.2. The van der Waals surface area contributed by atoms with Gasteiger partial charge in [-0.3, -0.25) is 0 Å². The Labute approximate surface area is 157 Å². The predicted octanol–water partition coefficient (Wildman–Crippen LogP) is 6.26. The van der Waals surface area contributed by atoms with Gasteiger partial charge in [-0.25, -0.2) is 24.3 Å². The van der Waals surface area contributed by atoms with Crippen LogP contribution in [-0.4, -0.2) is 0 Å². The molecule has 112 valence electrons. The molecule has 0 bridgehead atoms. The van der Waals surface area contributed by atoms with Crippen molar-refractivity contribution >= 4 is 24.8 Å². The van der Waals surface area contributed by atoms with Crippen molar-refractivity contribution < 1.29 is 26.2 Å². The minimum Gasteiger partial charge on any atom is -0.358 e. The van der Waals surface area contributed by atoms with Gasteiger partial charge in [0.2, 0.25) is 0 Å². The third-order valence-electron chi connectivity index (χ3n) is 2.43. The zero-order chi connectivity index (χ0) is 11.3. The van der Waals surface area contributed by atoms with E-state index in [0.29, 0.717) is 0 Å². The summed E-state index contributed by atoms with van der Waals surface area (Å²) >= 11 is 0. The van der Waals surface area contributed by atoms with E-state index < -0.39 is 0 Å². The van der Waals surface area contributed by atoms with Crippen molar-refractivity contribution in [2.45, 2.75) is 32.1 Å². The molecular weight excluding hydrogens is 366 g/mol. The van der Waals surface area contributed by atoms with Gasteiger partial charge in [-0.05, 0) is 0 Å². The van der Waals surface area contributed by atoms with E-state index in [1.807, 2.05) is 60.7 Å². The van der Waals surface area contributed by atoms with Crippen molar-refractivity contribution in [1.29, 1.82) is 0 Å². The normalized spacial score (nSPS) is 11.2. The van der Waals surface area contributed by atoms with Gasteiger partial charge in [0, 0.05) is 0 Å². The third-order valence-corrected chi connectivity index (χ3v) is 2.43. The first-order chi connectivity index (χ1) is 8.00. The molecule has 2 aromatic rings. The first-order valence-corrected chi connectivity index (χ1v) is 6.15. The van der Waals surface area contributed by atoms with Crippen LogP contribution in [0.5, 0.6) is 0 Å². The van der Waals surface area contributed by atoms with Gasteiger partial charge in [0.1, 0.15) is 0 Å². The van der Waals surface area contributed by atoms with E-state index in [2.05, 4.69) is 6.42 Å². The number of rotatable bonds is 0. The Kier molecular flexibility index (Phi) is 34.3. The van der Waals surface area contributed by atoms with Crippen LogP contribution in [0.4, 0.5) is 0 Å². The molecule has 0 N–H and O–H groups in total. The van der Waals surface area contributed by atoms with Gasteiger partial charge in [-0.1, -0.05) is 19.3 Å². The number of hydrogen-bond donors (Lipinski definition) is 0. The smallest absolute Gasteiger partial charge is 0.358 e. The Morgan fingerprint density at radius 2 is 0.950 bits per heavy atom. The van der Waals surface area contributed by atoms with E-state index in [0.717, 1.165) is 0 Å². The molecule has 0 heterocycles. The largest absolute Gasteiger partial charge is 4.00 e. The van der Waals surface area contributed by atoms with Gasteiger partial charge in [0.25, 0.3) is 0 Å². The summed E-state index contributed by atoms with van der Waals surface area (Å²) in [6, 6.07) is 20.0. The minimum atomic E-state index is 0. The van der Waals surface area contributed by atoms with E-state index in [9.17, 15) is 0 Å². The molecule has 0 nitrogen and oxygen atoms in total. The molecule has 0 spiro atoms. The fourth-order valence-corrected chi connectivity index (χ4v) is 1.54. The quantitative estimate of drug-likeness (QED) is 0.464. The Morgan fingerprint density at radius 1 is 0.600 bits per heavy atom. The number of halogens is 2. The molecule has 20 heavy (non-hydrogen) atoms. The number of hydrogen-bond acceptors (Lipinski definition) is 0. The molecule has 0 atom stereocenters. The van der Waals surface area contributed by atoms with E-state index in [1.54, 1.807) is 0 Å². The Balaban J connectivity index is -0.0000000876. The van der Waals surface area contributed by atoms with Crippen LogP contribution in [0.15, 0.2) is 60.7 Å². The van der Waals surface area contributed by atoms with E-state index in [-0.39, 0.29) is 58.4 Å². The van der Waals surface area contributed by atoms with Crippen molar-refractivity contribution in [2.24, 2.45) is 0 Å². The molecule has 0 saturated heterocycles. The van der Waals surface area contributed by atoms with E-state index in [1.165, 1.54) is 32.1 Å². The van der Waals surface area contributed by atoms with Crippen LogP contribution in [0, 0.1) is 13.8 Å². The molecule has 0 radical (unpaired) electrons. The molecule has 0 aliphatic heterocycles. The molecule has 0 unspecified atom stereocenters. The zero-order valence-electron chi connectivity index (χ0n) is 12.2. The average Bonchev–Trinajstić information content (AvgIpc) is 3.10. The monoisotopic (exact) mass is 390 g/mol. The molecule has 2 aromatic carbocycles. The summed E-state index contributed by atoms with van der Waals surface area (Å²) in [6.07, 6.45) is 9.50. The maximum Gasteiger partial charge on any atom is 4.00 e. The molecule has 1 fully saturated rings. The predicted molar refractivity (Wildman–Crippen MR) is 92.4 cm³/mol. The van der Waals surface area contributed by atoms with Gasteiger partial charge >= 0.3 is 26.2 Å².